The normalized spacial score (nSPS) is 22.8. The van der Waals surface area contributed by atoms with Gasteiger partial charge in [0.1, 0.15) is 0 Å². The number of nitrogens with zero attached hydrogens (tertiary/aromatic N) is 1. The smallest absolute Gasteiger partial charge is 0.0594 e. The predicted molar refractivity (Wildman–Crippen MR) is 172 cm³/mol. The average Bonchev–Trinajstić information content (AvgIpc) is 3.22. The highest BCUT2D eigenvalue weighted by Crippen LogP contribution is 2.66. The molecule has 2 aliphatic rings. The summed E-state index contributed by atoms with van der Waals surface area (Å²) in [6, 6.07) is 39.1. The third-order valence-electron chi connectivity index (χ3n) is 10.7. The van der Waals surface area contributed by atoms with Crippen LogP contribution in [-0.4, -0.2) is 5.54 Å². The molecule has 1 aliphatic heterocycles. The Kier molecular flexibility index (Phi) is 4.86. The topological polar surface area (TPSA) is 3.24 Å². The van der Waals surface area contributed by atoms with Crippen molar-refractivity contribution in [3.05, 3.63) is 109 Å². The first kappa shape index (κ1) is 24.0. The molecule has 0 aromatic heterocycles. The molecule has 8 rings (SSSR count). The average molecular weight is 520 g/mol. The van der Waals surface area contributed by atoms with Crippen molar-refractivity contribution in [3.63, 3.8) is 0 Å². The summed E-state index contributed by atoms with van der Waals surface area (Å²) in [5.74, 6) is 0. The maximum Gasteiger partial charge on any atom is 0.0594 e. The molecule has 0 bridgehead atoms. The van der Waals surface area contributed by atoms with Crippen molar-refractivity contribution < 1.29 is 0 Å². The molecule has 6 aromatic carbocycles. The molecular formula is C39H37N. The molecule has 2 unspecified atom stereocenters. The summed E-state index contributed by atoms with van der Waals surface area (Å²) in [5, 5.41) is 8.12. The molecule has 1 heterocycles. The fourth-order valence-corrected chi connectivity index (χ4v) is 9.07. The number of para-hydroxylation sites is 1. The van der Waals surface area contributed by atoms with Gasteiger partial charge in [-0.1, -0.05) is 119 Å². The maximum absolute atomic E-state index is 2.75. The van der Waals surface area contributed by atoms with Crippen LogP contribution in [0.5, 0.6) is 0 Å². The minimum absolute atomic E-state index is 0.0171. The first-order valence-corrected chi connectivity index (χ1v) is 15.0. The van der Waals surface area contributed by atoms with Crippen molar-refractivity contribution in [1.29, 1.82) is 0 Å². The van der Waals surface area contributed by atoms with Crippen LogP contribution in [0, 0.1) is 5.41 Å². The van der Waals surface area contributed by atoms with E-state index in [9.17, 15) is 0 Å². The van der Waals surface area contributed by atoms with E-state index in [0.717, 1.165) is 0 Å². The van der Waals surface area contributed by atoms with Gasteiger partial charge < -0.3 is 4.90 Å². The molecule has 0 amide bonds. The second kappa shape index (κ2) is 8.10. The van der Waals surface area contributed by atoms with Crippen LogP contribution in [-0.2, 0) is 5.41 Å². The SMILES string of the molecule is CC(C)(C)C12CCCCC1(C)c1cc(-c3ccc4ccc5cccc6ccc3c4c56)ccc1N2c1ccccc1. The Morgan fingerprint density at radius 2 is 1.32 bits per heavy atom. The van der Waals surface area contributed by atoms with Crippen molar-refractivity contribution >= 4 is 43.7 Å². The third kappa shape index (κ3) is 2.93. The van der Waals surface area contributed by atoms with Crippen molar-refractivity contribution in [1.82, 2.24) is 0 Å². The molecule has 1 heteroatoms. The van der Waals surface area contributed by atoms with Crippen molar-refractivity contribution in [2.75, 3.05) is 4.90 Å². The second-order valence-electron chi connectivity index (χ2n) is 13.5. The highest BCUT2D eigenvalue weighted by Gasteiger charge is 2.65. The van der Waals surface area contributed by atoms with E-state index < -0.39 is 0 Å². The van der Waals surface area contributed by atoms with Gasteiger partial charge in [0.25, 0.3) is 0 Å². The fourth-order valence-electron chi connectivity index (χ4n) is 9.07. The highest BCUT2D eigenvalue weighted by molar-refractivity contribution is 6.25. The van der Waals surface area contributed by atoms with Crippen LogP contribution in [0.1, 0.15) is 58.9 Å². The van der Waals surface area contributed by atoms with Crippen LogP contribution in [0.15, 0.2) is 103 Å². The van der Waals surface area contributed by atoms with E-state index in [1.807, 2.05) is 0 Å². The monoisotopic (exact) mass is 519 g/mol. The van der Waals surface area contributed by atoms with Crippen LogP contribution in [0.25, 0.3) is 43.4 Å². The van der Waals surface area contributed by atoms with E-state index >= 15 is 0 Å². The lowest BCUT2D eigenvalue weighted by Gasteiger charge is -2.59. The van der Waals surface area contributed by atoms with Crippen LogP contribution in [0.2, 0.25) is 0 Å². The Bertz CT molecular complexity index is 1890. The van der Waals surface area contributed by atoms with E-state index in [-0.39, 0.29) is 16.4 Å². The summed E-state index contributed by atoms with van der Waals surface area (Å²) in [6.45, 7) is 9.99. The van der Waals surface area contributed by atoms with Gasteiger partial charge >= 0.3 is 0 Å². The zero-order chi connectivity index (χ0) is 27.3. The minimum atomic E-state index is 0.0171. The zero-order valence-corrected chi connectivity index (χ0v) is 24.1. The van der Waals surface area contributed by atoms with E-state index in [4.69, 9.17) is 0 Å². The van der Waals surface area contributed by atoms with E-state index in [1.54, 1.807) is 0 Å². The van der Waals surface area contributed by atoms with Gasteiger partial charge in [0.05, 0.1) is 5.54 Å². The van der Waals surface area contributed by atoms with Gasteiger partial charge in [0.15, 0.2) is 0 Å². The molecule has 1 fully saturated rings. The molecule has 2 atom stereocenters. The summed E-state index contributed by atoms with van der Waals surface area (Å²) >= 11 is 0. The number of anilines is 2. The summed E-state index contributed by atoms with van der Waals surface area (Å²) in [4.78, 5) is 2.75. The van der Waals surface area contributed by atoms with Crippen LogP contribution < -0.4 is 4.90 Å². The summed E-state index contributed by atoms with van der Waals surface area (Å²) in [7, 11) is 0. The van der Waals surface area contributed by atoms with Gasteiger partial charge in [-0.25, -0.2) is 0 Å². The summed E-state index contributed by atoms with van der Waals surface area (Å²) < 4.78 is 0. The standard InChI is InChI=1S/C39H37N/c1-37(2,3)39-24-9-8-23-38(39,4)33-25-29(19-22-34(33)40(39)30-13-6-5-7-14-30)31-20-17-28-16-15-26-11-10-12-27-18-21-32(31)36(28)35(26)27/h5-7,10-22,25H,8-9,23-24H2,1-4H3. The lowest BCUT2D eigenvalue weighted by Crippen LogP contribution is -2.64. The molecular weight excluding hydrogens is 482 g/mol. The Labute approximate surface area is 237 Å². The first-order valence-electron chi connectivity index (χ1n) is 15.0. The number of hydrogen-bond acceptors (Lipinski definition) is 1. The quantitative estimate of drug-likeness (QED) is 0.206. The van der Waals surface area contributed by atoms with E-state index in [2.05, 4.69) is 136 Å². The van der Waals surface area contributed by atoms with Gasteiger partial charge in [-0.3, -0.25) is 0 Å². The van der Waals surface area contributed by atoms with Gasteiger partial charge in [-0.05, 0) is 91.5 Å². The first-order chi connectivity index (χ1) is 19.3. The summed E-state index contributed by atoms with van der Waals surface area (Å²) in [5.41, 5.74) is 7.09. The van der Waals surface area contributed by atoms with Gasteiger partial charge in [-0.15, -0.1) is 0 Å². The molecule has 0 N–H and O–H groups in total. The Morgan fingerprint density at radius 3 is 2.08 bits per heavy atom. The van der Waals surface area contributed by atoms with Crippen LogP contribution >= 0.6 is 0 Å². The van der Waals surface area contributed by atoms with Crippen molar-refractivity contribution in [2.24, 2.45) is 5.41 Å². The zero-order valence-electron chi connectivity index (χ0n) is 24.1. The van der Waals surface area contributed by atoms with Crippen molar-refractivity contribution in [2.45, 2.75) is 64.3 Å². The fraction of sp³-hybridized carbons (Fsp3) is 0.282. The lowest BCUT2D eigenvalue weighted by atomic mass is 9.52. The summed E-state index contributed by atoms with van der Waals surface area (Å²) in [6.07, 6.45) is 5.01. The highest BCUT2D eigenvalue weighted by atomic mass is 15.3. The van der Waals surface area contributed by atoms with Gasteiger partial charge in [0.2, 0.25) is 0 Å². The van der Waals surface area contributed by atoms with E-state index in [0.29, 0.717) is 0 Å². The van der Waals surface area contributed by atoms with Gasteiger partial charge in [-0.2, -0.15) is 0 Å². The third-order valence-corrected chi connectivity index (χ3v) is 10.7. The molecule has 6 aromatic rings. The van der Waals surface area contributed by atoms with E-state index in [1.165, 1.54) is 86.1 Å². The second-order valence-corrected chi connectivity index (χ2v) is 13.5. The number of hydrogen-bond donors (Lipinski definition) is 0. The van der Waals surface area contributed by atoms with Gasteiger partial charge in [0, 0.05) is 16.8 Å². The molecule has 40 heavy (non-hydrogen) atoms. The minimum Gasteiger partial charge on any atom is -0.334 e. The molecule has 1 aliphatic carbocycles. The molecule has 0 saturated heterocycles. The van der Waals surface area contributed by atoms with Crippen molar-refractivity contribution in [3.8, 4) is 11.1 Å². The maximum atomic E-state index is 2.75. The number of rotatable bonds is 2. The Morgan fingerprint density at radius 1 is 0.650 bits per heavy atom. The number of fused-ring (bicyclic) bond motifs is 3. The molecule has 198 valence electrons. The Balaban J connectivity index is 1.40. The predicted octanol–water partition coefficient (Wildman–Crippen LogP) is 11.0. The molecule has 0 radical (unpaired) electrons. The number of benzene rings is 6. The molecule has 1 nitrogen and oxygen atoms in total. The molecule has 0 spiro atoms. The van der Waals surface area contributed by atoms with Crippen LogP contribution in [0.4, 0.5) is 11.4 Å². The molecule has 1 saturated carbocycles. The van der Waals surface area contributed by atoms with Crippen LogP contribution in [0.3, 0.4) is 0 Å². The lowest BCUT2D eigenvalue weighted by molar-refractivity contribution is 0.0608. The Hall–Kier alpha value is -3.84. The largest absolute Gasteiger partial charge is 0.334 e.